The number of carboxylic acid groups (broad SMARTS) is 1. The predicted molar refractivity (Wildman–Crippen MR) is 102 cm³/mol. The minimum absolute atomic E-state index is 0.122. The number of hydrazine groups is 1. The molecule has 2 aromatic rings. The predicted octanol–water partition coefficient (Wildman–Crippen LogP) is 3.35. The summed E-state index contributed by atoms with van der Waals surface area (Å²) >= 11 is 6.02. The van der Waals surface area contributed by atoms with E-state index in [1.807, 2.05) is 13.0 Å². The molecule has 0 unspecified atom stereocenters. The zero-order chi connectivity index (χ0) is 20.4. The minimum Gasteiger partial charge on any atom is -0.477 e. The quantitative estimate of drug-likeness (QED) is 0.431. The van der Waals surface area contributed by atoms with Crippen LogP contribution >= 0.6 is 11.6 Å². The van der Waals surface area contributed by atoms with E-state index in [2.05, 4.69) is 10.5 Å². The topological polar surface area (TPSA) is 102 Å². The van der Waals surface area contributed by atoms with E-state index in [9.17, 15) is 18.3 Å². The highest BCUT2D eigenvalue weighted by atomic mass is 35.5. The van der Waals surface area contributed by atoms with Gasteiger partial charge in [-0.15, -0.1) is 5.43 Å². The fourth-order valence-corrected chi connectivity index (χ4v) is 3.39. The molecule has 0 aromatic heterocycles. The standard InChI is InChI=1S/C17H19ClN4O4S/c1-11-5-6-12(18)9-15(11)20-22(19-2)16-8-7-13(10-14(16)17(23)24)27(25,26)21(3)4/h5-10H,1-4H3,(H-,19,20,23,24)/p+1. The summed E-state index contributed by atoms with van der Waals surface area (Å²) in [6.07, 6.45) is 0. The molecule has 27 heavy (non-hydrogen) atoms. The van der Waals surface area contributed by atoms with Gasteiger partial charge in [-0.05, 0) is 41.9 Å². The first-order valence-electron chi connectivity index (χ1n) is 7.80. The summed E-state index contributed by atoms with van der Waals surface area (Å²) in [5.74, 6) is -1.28. The van der Waals surface area contributed by atoms with E-state index in [0.717, 1.165) is 15.9 Å². The maximum atomic E-state index is 12.3. The Hall–Kier alpha value is -2.49. The summed E-state index contributed by atoms with van der Waals surface area (Å²) < 4.78 is 25.6. The number of nitrogens with zero attached hydrogens (tertiary/aromatic N) is 3. The maximum Gasteiger partial charge on any atom is 0.342 e. The third-order valence-electron chi connectivity index (χ3n) is 3.83. The van der Waals surface area contributed by atoms with Crippen LogP contribution in [-0.4, -0.2) is 49.7 Å². The van der Waals surface area contributed by atoms with E-state index in [0.29, 0.717) is 10.7 Å². The van der Waals surface area contributed by atoms with E-state index in [4.69, 9.17) is 11.6 Å². The third-order valence-corrected chi connectivity index (χ3v) is 5.88. The van der Waals surface area contributed by atoms with Crippen LogP contribution in [0.1, 0.15) is 15.9 Å². The number of sulfonamides is 1. The molecule has 10 heteroatoms. The molecule has 2 aromatic carbocycles. The molecule has 0 aliphatic carbocycles. The highest BCUT2D eigenvalue weighted by Crippen LogP contribution is 2.27. The van der Waals surface area contributed by atoms with E-state index in [-0.39, 0.29) is 16.1 Å². The molecule has 0 spiro atoms. The Morgan fingerprint density at radius 3 is 2.44 bits per heavy atom. The van der Waals surface area contributed by atoms with Crippen molar-refractivity contribution in [2.75, 3.05) is 26.6 Å². The summed E-state index contributed by atoms with van der Waals surface area (Å²) in [5, 5.41) is 14.1. The molecule has 0 radical (unpaired) electrons. The van der Waals surface area contributed by atoms with Crippen molar-refractivity contribution in [1.29, 1.82) is 0 Å². The lowest BCUT2D eigenvalue weighted by atomic mass is 10.2. The van der Waals surface area contributed by atoms with Crippen LogP contribution in [0.2, 0.25) is 5.02 Å². The largest absolute Gasteiger partial charge is 0.477 e. The van der Waals surface area contributed by atoms with E-state index in [1.54, 1.807) is 12.1 Å². The number of hydrogen-bond donors (Lipinski definition) is 2. The number of benzene rings is 2. The smallest absolute Gasteiger partial charge is 0.342 e. The average molecular weight is 412 g/mol. The number of carboxylic acids is 1. The van der Waals surface area contributed by atoms with Crippen LogP contribution in [0.15, 0.2) is 46.4 Å². The number of hydrogen-bond acceptors (Lipinski definition) is 4. The summed E-state index contributed by atoms with van der Waals surface area (Å²) in [6, 6.07) is 9.06. The van der Waals surface area contributed by atoms with Crippen LogP contribution in [0.5, 0.6) is 0 Å². The van der Waals surface area contributed by atoms with Crippen LogP contribution < -0.4 is 5.43 Å². The second-order valence-electron chi connectivity index (χ2n) is 5.85. The highest BCUT2D eigenvalue weighted by Gasteiger charge is 2.27. The Labute approximate surface area is 162 Å². The Bertz CT molecular complexity index is 1020. The number of carbonyl (C=O) groups is 1. The van der Waals surface area contributed by atoms with Crippen molar-refractivity contribution in [2.45, 2.75) is 11.8 Å². The Balaban J connectivity index is 2.55. The molecule has 0 saturated heterocycles. The molecule has 144 valence electrons. The lowest BCUT2D eigenvalue weighted by molar-refractivity contribution is -0.480. The molecule has 0 saturated carbocycles. The number of aromatic carboxylic acids is 1. The number of nitrogens with one attached hydrogen (secondary N) is 1. The molecule has 0 atom stereocenters. The Morgan fingerprint density at radius 2 is 1.89 bits per heavy atom. The molecule has 0 heterocycles. The second kappa shape index (κ2) is 8.03. The fraction of sp³-hybridized carbons (Fsp3) is 0.235. The molecule has 0 amide bonds. The summed E-state index contributed by atoms with van der Waals surface area (Å²) in [4.78, 5) is 12.9. The molecule has 2 rings (SSSR count). The van der Waals surface area contributed by atoms with Gasteiger partial charge in [0.2, 0.25) is 10.0 Å². The van der Waals surface area contributed by atoms with Crippen molar-refractivity contribution in [2.24, 2.45) is 5.11 Å². The first-order chi connectivity index (χ1) is 12.6. The average Bonchev–Trinajstić information content (AvgIpc) is 2.61. The van der Waals surface area contributed by atoms with Gasteiger partial charge in [-0.25, -0.2) is 17.5 Å². The zero-order valence-corrected chi connectivity index (χ0v) is 16.8. The molecule has 8 nitrogen and oxygen atoms in total. The van der Waals surface area contributed by atoms with Gasteiger partial charge in [0.05, 0.1) is 11.9 Å². The van der Waals surface area contributed by atoms with Crippen LogP contribution in [0.3, 0.4) is 0 Å². The lowest BCUT2D eigenvalue weighted by Gasteiger charge is -2.12. The van der Waals surface area contributed by atoms with Crippen LogP contribution in [0.25, 0.3) is 0 Å². The Morgan fingerprint density at radius 1 is 1.22 bits per heavy atom. The Kier molecular flexibility index (Phi) is 6.19. The van der Waals surface area contributed by atoms with Gasteiger partial charge >= 0.3 is 5.97 Å². The summed E-state index contributed by atoms with van der Waals surface area (Å²) in [7, 11) is 0.457. The van der Waals surface area contributed by atoms with Crippen molar-refractivity contribution < 1.29 is 23.1 Å². The van der Waals surface area contributed by atoms with Gasteiger partial charge in [0.15, 0.2) is 0 Å². The van der Waals surface area contributed by atoms with Gasteiger partial charge in [0, 0.05) is 30.0 Å². The molecule has 0 fully saturated rings. The van der Waals surface area contributed by atoms with E-state index >= 15 is 0 Å². The van der Waals surface area contributed by atoms with Gasteiger partial charge in [0.1, 0.15) is 11.3 Å². The summed E-state index contributed by atoms with van der Waals surface area (Å²) in [6.45, 7) is 1.86. The van der Waals surface area contributed by atoms with E-state index in [1.165, 1.54) is 38.1 Å². The SMILES string of the molecule is CN=[N+](Nc1cc(Cl)ccc1C)c1ccc(S(=O)(=O)N(C)C)cc1C(=O)O. The van der Waals surface area contributed by atoms with Gasteiger partial charge in [-0.2, -0.15) is 0 Å². The molecular formula is C17H20ClN4O4S+. The molecule has 0 bridgehead atoms. The number of azo groups is 1. The maximum absolute atomic E-state index is 12.3. The van der Waals surface area contributed by atoms with Gasteiger partial charge in [-0.1, -0.05) is 17.7 Å². The number of rotatable bonds is 6. The van der Waals surface area contributed by atoms with Crippen molar-refractivity contribution in [3.05, 3.63) is 52.5 Å². The van der Waals surface area contributed by atoms with Crippen LogP contribution in [-0.2, 0) is 10.0 Å². The first-order valence-corrected chi connectivity index (χ1v) is 9.62. The number of aryl methyl sites for hydroxylation is 1. The molecule has 0 aliphatic heterocycles. The second-order valence-corrected chi connectivity index (χ2v) is 8.44. The van der Waals surface area contributed by atoms with Crippen molar-refractivity contribution >= 4 is 39.0 Å². The molecule has 0 aliphatic rings. The van der Waals surface area contributed by atoms with Crippen LogP contribution in [0, 0.1) is 6.92 Å². The monoisotopic (exact) mass is 411 g/mol. The summed E-state index contributed by atoms with van der Waals surface area (Å²) in [5.41, 5.74) is 4.47. The third kappa shape index (κ3) is 4.44. The van der Waals surface area contributed by atoms with Crippen molar-refractivity contribution in [3.63, 3.8) is 0 Å². The zero-order valence-electron chi connectivity index (χ0n) is 15.3. The number of anilines is 1. The minimum atomic E-state index is -3.77. The van der Waals surface area contributed by atoms with Crippen molar-refractivity contribution in [1.82, 2.24) is 4.31 Å². The molecular weight excluding hydrogens is 392 g/mol. The fourth-order valence-electron chi connectivity index (χ4n) is 2.29. The van der Waals surface area contributed by atoms with Crippen LogP contribution in [0.4, 0.5) is 11.4 Å². The highest BCUT2D eigenvalue weighted by molar-refractivity contribution is 7.89. The van der Waals surface area contributed by atoms with Gasteiger partial charge in [-0.3, -0.25) is 0 Å². The first kappa shape index (κ1) is 20.8. The normalized spacial score (nSPS) is 12.3. The van der Waals surface area contributed by atoms with Gasteiger partial charge in [0.25, 0.3) is 5.69 Å². The molecule has 2 N–H and O–H groups in total. The van der Waals surface area contributed by atoms with Gasteiger partial charge < -0.3 is 5.11 Å². The lowest BCUT2D eigenvalue weighted by Crippen LogP contribution is -2.23. The number of halogens is 1. The van der Waals surface area contributed by atoms with E-state index < -0.39 is 16.0 Å². The van der Waals surface area contributed by atoms with Crippen molar-refractivity contribution in [3.8, 4) is 0 Å².